The summed E-state index contributed by atoms with van der Waals surface area (Å²) in [6.07, 6.45) is -0.570. The minimum atomic E-state index is -1.47. The number of rotatable bonds is 4. The summed E-state index contributed by atoms with van der Waals surface area (Å²) in [5.74, 6) is -5.84. The van der Waals surface area contributed by atoms with Crippen LogP contribution >= 0.6 is 0 Å². The summed E-state index contributed by atoms with van der Waals surface area (Å²) in [4.78, 5) is 10.5. The first-order chi connectivity index (χ1) is 7.88. The average molecular weight is 249 g/mol. The normalized spacial score (nSPS) is 12.3. The highest BCUT2D eigenvalue weighted by Gasteiger charge is 2.23. The Morgan fingerprint density at radius 2 is 2.06 bits per heavy atom. The Bertz CT molecular complexity index is 451. The maximum Gasteiger partial charge on any atom is 0.320 e. The molecule has 0 saturated carbocycles. The van der Waals surface area contributed by atoms with Gasteiger partial charge in [-0.05, 0) is 0 Å². The molecule has 0 fully saturated rings. The number of methoxy groups -OCH3 is 1. The first-order valence-corrected chi connectivity index (χ1v) is 4.57. The Hall–Kier alpha value is -1.76. The molecular formula is C10H10F3NO3. The summed E-state index contributed by atoms with van der Waals surface area (Å²) in [5.41, 5.74) is 4.65. The lowest BCUT2D eigenvalue weighted by molar-refractivity contribution is -0.138. The van der Waals surface area contributed by atoms with Gasteiger partial charge in [0.25, 0.3) is 0 Å². The number of halogens is 3. The molecule has 1 rings (SSSR count). The van der Waals surface area contributed by atoms with Crippen molar-refractivity contribution in [2.24, 2.45) is 5.73 Å². The van der Waals surface area contributed by atoms with E-state index in [1.54, 1.807) is 0 Å². The van der Waals surface area contributed by atoms with Crippen molar-refractivity contribution in [3.63, 3.8) is 0 Å². The summed E-state index contributed by atoms with van der Waals surface area (Å²) in [6, 6.07) is -1.15. The van der Waals surface area contributed by atoms with E-state index in [1.807, 2.05) is 0 Å². The molecule has 1 atom stereocenters. The fourth-order valence-electron chi connectivity index (χ4n) is 1.34. The third kappa shape index (κ3) is 2.68. The van der Waals surface area contributed by atoms with Crippen molar-refractivity contribution in [1.82, 2.24) is 0 Å². The number of aliphatic carboxylic acids is 1. The highest BCUT2D eigenvalue weighted by molar-refractivity contribution is 5.73. The second-order valence-corrected chi connectivity index (χ2v) is 3.31. The second kappa shape index (κ2) is 5.05. The number of carboxylic acids is 1. The molecule has 1 aromatic carbocycles. The Morgan fingerprint density at radius 1 is 1.47 bits per heavy atom. The fourth-order valence-corrected chi connectivity index (χ4v) is 1.34. The highest BCUT2D eigenvalue weighted by atomic mass is 19.2. The number of hydrogen-bond donors (Lipinski definition) is 2. The van der Waals surface area contributed by atoms with Gasteiger partial charge >= 0.3 is 5.97 Å². The fraction of sp³-hybridized carbons (Fsp3) is 0.300. The maximum atomic E-state index is 13.4. The standard InChI is InChI=1S/C10H10F3NO3/c1-17-9-4(2-7(14)10(15)16)8(13)5(11)3-6(9)12/h3,7H,2,14H2,1H3,(H,15,16). The molecule has 1 unspecified atom stereocenters. The third-order valence-electron chi connectivity index (χ3n) is 2.16. The van der Waals surface area contributed by atoms with E-state index in [0.29, 0.717) is 6.07 Å². The van der Waals surface area contributed by atoms with Gasteiger partial charge < -0.3 is 15.6 Å². The first kappa shape index (κ1) is 13.3. The van der Waals surface area contributed by atoms with E-state index in [0.717, 1.165) is 7.11 Å². The number of ether oxygens (including phenoxy) is 1. The molecule has 17 heavy (non-hydrogen) atoms. The van der Waals surface area contributed by atoms with Crippen LogP contribution in [0.25, 0.3) is 0 Å². The van der Waals surface area contributed by atoms with Crippen molar-refractivity contribution < 1.29 is 27.8 Å². The number of carbonyl (C=O) groups is 1. The van der Waals surface area contributed by atoms with Crippen molar-refractivity contribution >= 4 is 5.97 Å². The van der Waals surface area contributed by atoms with E-state index in [9.17, 15) is 18.0 Å². The van der Waals surface area contributed by atoms with Crippen LogP contribution in [-0.4, -0.2) is 24.2 Å². The van der Waals surface area contributed by atoms with Gasteiger partial charge in [0.1, 0.15) is 6.04 Å². The highest BCUT2D eigenvalue weighted by Crippen LogP contribution is 2.28. The van der Waals surface area contributed by atoms with Gasteiger partial charge in [0.2, 0.25) is 0 Å². The van der Waals surface area contributed by atoms with Crippen LogP contribution in [0.3, 0.4) is 0 Å². The molecule has 0 heterocycles. The summed E-state index contributed by atoms with van der Waals surface area (Å²) in [7, 11) is 1.06. The molecule has 0 bridgehead atoms. The Labute approximate surface area is 94.8 Å². The van der Waals surface area contributed by atoms with E-state index in [2.05, 4.69) is 4.74 Å². The van der Waals surface area contributed by atoms with E-state index in [-0.39, 0.29) is 0 Å². The van der Waals surface area contributed by atoms with Crippen LogP contribution in [0.5, 0.6) is 5.75 Å². The number of benzene rings is 1. The van der Waals surface area contributed by atoms with Crippen LogP contribution in [0.2, 0.25) is 0 Å². The molecule has 3 N–H and O–H groups in total. The summed E-state index contributed by atoms with van der Waals surface area (Å²) >= 11 is 0. The molecule has 4 nitrogen and oxygen atoms in total. The van der Waals surface area contributed by atoms with E-state index in [4.69, 9.17) is 10.8 Å². The topological polar surface area (TPSA) is 72.5 Å². The minimum Gasteiger partial charge on any atom is -0.493 e. The monoisotopic (exact) mass is 249 g/mol. The second-order valence-electron chi connectivity index (χ2n) is 3.31. The maximum absolute atomic E-state index is 13.4. The van der Waals surface area contributed by atoms with Gasteiger partial charge in [0, 0.05) is 18.1 Å². The number of nitrogens with two attached hydrogens (primary N) is 1. The first-order valence-electron chi connectivity index (χ1n) is 4.57. The lowest BCUT2D eigenvalue weighted by Crippen LogP contribution is -2.33. The van der Waals surface area contributed by atoms with Crippen LogP contribution < -0.4 is 10.5 Å². The van der Waals surface area contributed by atoms with Gasteiger partial charge in [-0.2, -0.15) is 0 Å². The third-order valence-corrected chi connectivity index (χ3v) is 2.16. The quantitative estimate of drug-likeness (QED) is 0.783. The van der Waals surface area contributed by atoms with Crippen LogP contribution in [0.1, 0.15) is 5.56 Å². The largest absolute Gasteiger partial charge is 0.493 e. The van der Waals surface area contributed by atoms with Crippen molar-refractivity contribution in [3.8, 4) is 5.75 Å². The lowest BCUT2D eigenvalue weighted by atomic mass is 10.0. The molecule has 0 aliphatic heterocycles. The van der Waals surface area contributed by atoms with Crippen LogP contribution in [0, 0.1) is 17.5 Å². The summed E-state index contributed by atoms with van der Waals surface area (Å²) < 4.78 is 44.1. The van der Waals surface area contributed by atoms with Crippen LogP contribution in [0.4, 0.5) is 13.2 Å². The molecule has 0 amide bonds. The zero-order valence-corrected chi connectivity index (χ0v) is 8.84. The SMILES string of the molecule is COc1c(F)cc(F)c(F)c1CC(N)C(=O)O. The lowest BCUT2D eigenvalue weighted by Gasteiger charge is -2.13. The van der Waals surface area contributed by atoms with Gasteiger partial charge in [-0.15, -0.1) is 0 Å². The molecule has 0 aliphatic rings. The van der Waals surface area contributed by atoms with Gasteiger partial charge in [-0.3, -0.25) is 4.79 Å². The molecule has 0 spiro atoms. The predicted molar refractivity (Wildman–Crippen MR) is 52.2 cm³/mol. The Balaban J connectivity index is 3.25. The summed E-state index contributed by atoms with van der Waals surface area (Å²) in [5, 5.41) is 8.56. The molecular weight excluding hydrogens is 239 g/mol. The predicted octanol–water partition coefficient (Wildman–Crippen LogP) is 1.07. The number of hydrogen-bond acceptors (Lipinski definition) is 3. The molecule has 94 valence electrons. The van der Waals surface area contributed by atoms with Crippen molar-refractivity contribution in [2.75, 3.05) is 7.11 Å². The Kier molecular flexibility index (Phi) is 3.95. The molecule has 0 aliphatic carbocycles. The minimum absolute atomic E-state index is 0.323. The molecule has 7 heteroatoms. The zero-order valence-electron chi connectivity index (χ0n) is 8.84. The van der Waals surface area contributed by atoms with E-state index in [1.165, 1.54) is 0 Å². The smallest absolute Gasteiger partial charge is 0.320 e. The van der Waals surface area contributed by atoms with Crippen LogP contribution in [-0.2, 0) is 11.2 Å². The molecule has 0 radical (unpaired) electrons. The number of carboxylic acid groups (broad SMARTS) is 1. The van der Waals surface area contributed by atoms with Gasteiger partial charge in [0.15, 0.2) is 23.2 Å². The Morgan fingerprint density at radius 3 is 2.53 bits per heavy atom. The van der Waals surface area contributed by atoms with Crippen molar-refractivity contribution in [1.29, 1.82) is 0 Å². The van der Waals surface area contributed by atoms with E-state index >= 15 is 0 Å². The van der Waals surface area contributed by atoms with Gasteiger partial charge in [0.05, 0.1) is 7.11 Å². The van der Waals surface area contributed by atoms with E-state index < -0.39 is 47.2 Å². The van der Waals surface area contributed by atoms with Crippen molar-refractivity contribution in [3.05, 3.63) is 29.1 Å². The van der Waals surface area contributed by atoms with Crippen LogP contribution in [0.15, 0.2) is 6.07 Å². The average Bonchev–Trinajstić information content (AvgIpc) is 2.25. The molecule has 0 saturated heterocycles. The summed E-state index contributed by atoms with van der Waals surface area (Å²) in [6.45, 7) is 0. The molecule has 1 aromatic rings. The molecule has 0 aromatic heterocycles. The van der Waals surface area contributed by atoms with Crippen molar-refractivity contribution in [2.45, 2.75) is 12.5 Å². The zero-order chi connectivity index (χ0) is 13.2. The van der Waals surface area contributed by atoms with Gasteiger partial charge in [-0.25, -0.2) is 13.2 Å². The van der Waals surface area contributed by atoms with Gasteiger partial charge in [-0.1, -0.05) is 0 Å².